The number of carboxylic acids is 1. The second-order valence-corrected chi connectivity index (χ2v) is 5.89. The molecule has 1 fully saturated rings. The Morgan fingerprint density at radius 2 is 2.22 bits per heavy atom. The molecule has 98 valence electrons. The number of nitrogens with zero attached hydrogens (tertiary/aromatic N) is 2. The van der Waals surface area contributed by atoms with Crippen LogP contribution in [0.3, 0.4) is 0 Å². The van der Waals surface area contributed by atoms with E-state index in [0.717, 1.165) is 12.8 Å². The van der Waals surface area contributed by atoms with Crippen molar-refractivity contribution in [3.8, 4) is 0 Å². The first kappa shape index (κ1) is 13.1. The van der Waals surface area contributed by atoms with Gasteiger partial charge in [-0.1, -0.05) is 0 Å². The van der Waals surface area contributed by atoms with Crippen molar-refractivity contribution in [3.05, 3.63) is 23.8 Å². The number of hydrogen-bond donors (Lipinski definition) is 2. The first-order chi connectivity index (χ1) is 8.66. The molecular weight excluding hydrogens is 254 g/mol. The van der Waals surface area contributed by atoms with Gasteiger partial charge < -0.3 is 10.4 Å². The van der Waals surface area contributed by atoms with Gasteiger partial charge in [0.1, 0.15) is 11.9 Å². The van der Waals surface area contributed by atoms with Crippen LogP contribution in [0.15, 0.2) is 12.5 Å². The van der Waals surface area contributed by atoms with Crippen LogP contribution in [-0.2, 0) is 17.3 Å². The summed E-state index contributed by atoms with van der Waals surface area (Å²) in [5.41, 5.74) is 0.619. The number of carboxylic acid groups (broad SMARTS) is 1. The SMILES string of the molecule is O=C(O)c1cncnc1CNC1CCS(=O)CC1. The highest BCUT2D eigenvalue weighted by Crippen LogP contribution is 2.11. The van der Waals surface area contributed by atoms with Crippen molar-refractivity contribution in [2.45, 2.75) is 25.4 Å². The molecule has 1 aliphatic rings. The van der Waals surface area contributed by atoms with Crippen LogP contribution in [0.4, 0.5) is 0 Å². The fourth-order valence-electron chi connectivity index (χ4n) is 1.91. The number of carbonyl (C=O) groups is 1. The maximum atomic E-state index is 11.2. The van der Waals surface area contributed by atoms with E-state index in [2.05, 4.69) is 15.3 Å². The monoisotopic (exact) mass is 269 g/mol. The Bertz CT molecular complexity index is 457. The average molecular weight is 269 g/mol. The van der Waals surface area contributed by atoms with Gasteiger partial charge in [-0.3, -0.25) is 4.21 Å². The Kier molecular flexibility index (Phi) is 4.38. The van der Waals surface area contributed by atoms with Crippen LogP contribution < -0.4 is 5.32 Å². The summed E-state index contributed by atoms with van der Waals surface area (Å²) in [6, 6.07) is 0.291. The molecule has 1 aliphatic heterocycles. The summed E-state index contributed by atoms with van der Waals surface area (Å²) in [5, 5.41) is 12.3. The number of aromatic carboxylic acids is 1. The third-order valence-electron chi connectivity index (χ3n) is 2.97. The van der Waals surface area contributed by atoms with Crippen LogP contribution in [0.5, 0.6) is 0 Å². The lowest BCUT2D eigenvalue weighted by Crippen LogP contribution is -2.35. The summed E-state index contributed by atoms with van der Waals surface area (Å²) in [6.07, 6.45) is 4.38. The van der Waals surface area contributed by atoms with Gasteiger partial charge in [0.15, 0.2) is 0 Å². The highest BCUT2D eigenvalue weighted by molar-refractivity contribution is 7.85. The van der Waals surface area contributed by atoms with Gasteiger partial charge in [-0.05, 0) is 12.8 Å². The van der Waals surface area contributed by atoms with Crippen LogP contribution in [-0.4, -0.2) is 42.8 Å². The molecule has 1 aromatic heterocycles. The number of aromatic nitrogens is 2. The van der Waals surface area contributed by atoms with E-state index in [1.54, 1.807) is 0 Å². The molecule has 0 aliphatic carbocycles. The van der Waals surface area contributed by atoms with Crippen LogP contribution >= 0.6 is 0 Å². The van der Waals surface area contributed by atoms with Gasteiger partial charge in [-0.25, -0.2) is 14.8 Å². The molecule has 1 saturated heterocycles. The Balaban J connectivity index is 1.94. The minimum absolute atomic E-state index is 0.129. The molecule has 0 radical (unpaired) electrons. The van der Waals surface area contributed by atoms with Crippen molar-refractivity contribution in [1.82, 2.24) is 15.3 Å². The minimum atomic E-state index is -1.02. The summed E-state index contributed by atoms with van der Waals surface area (Å²) in [6.45, 7) is 0.404. The first-order valence-corrected chi connectivity index (χ1v) is 7.26. The van der Waals surface area contributed by atoms with E-state index in [0.29, 0.717) is 29.8 Å². The molecular formula is C11H15N3O3S. The lowest BCUT2D eigenvalue weighted by Gasteiger charge is -2.22. The third kappa shape index (κ3) is 3.33. The summed E-state index contributed by atoms with van der Waals surface area (Å²) in [4.78, 5) is 18.7. The average Bonchev–Trinajstić information content (AvgIpc) is 2.38. The molecule has 0 saturated carbocycles. The molecule has 7 heteroatoms. The second-order valence-electron chi connectivity index (χ2n) is 4.19. The van der Waals surface area contributed by atoms with Crippen LogP contribution in [0, 0.1) is 0 Å². The Morgan fingerprint density at radius 3 is 2.89 bits per heavy atom. The van der Waals surface area contributed by atoms with E-state index < -0.39 is 16.8 Å². The van der Waals surface area contributed by atoms with Gasteiger partial charge in [0.25, 0.3) is 0 Å². The predicted molar refractivity (Wildman–Crippen MR) is 66.7 cm³/mol. The molecule has 0 aromatic carbocycles. The highest BCUT2D eigenvalue weighted by atomic mass is 32.2. The smallest absolute Gasteiger partial charge is 0.339 e. The van der Waals surface area contributed by atoms with Crippen molar-refractivity contribution in [3.63, 3.8) is 0 Å². The third-order valence-corrected chi connectivity index (χ3v) is 4.35. The van der Waals surface area contributed by atoms with E-state index >= 15 is 0 Å². The topological polar surface area (TPSA) is 92.2 Å². The molecule has 18 heavy (non-hydrogen) atoms. The maximum absolute atomic E-state index is 11.2. The van der Waals surface area contributed by atoms with Crippen molar-refractivity contribution in [1.29, 1.82) is 0 Å². The zero-order valence-corrected chi connectivity index (χ0v) is 10.7. The van der Waals surface area contributed by atoms with E-state index in [1.807, 2.05) is 0 Å². The Labute approximate surface area is 107 Å². The van der Waals surface area contributed by atoms with Gasteiger partial charge in [-0.2, -0.15) is 0 Å². The molecule has 2 N–H and O–H groups in total. The van der Waals surface area contributed by atoms with E-state index in [-0.39, 0.29) is 5.56 Å². The number of hydrogen-bond acceptors (Lipinski definition) is 5. The number of nitrogens with one attached hydrogen (secondary N) is 1. The summed E-state index contributed by atoms with van der Waals surface area (Å²) >= 11 is 0. The Morgan fingerprint density at radius 1 is 1.50 bits per heavy atom. The molecule has 0 spiro atoms. The highest BCUT2D eigenvalue weighted by Gasteiger charge is 2.18. The zero-order valence-electron chi connectivity index (χ0n) is 9.83. The van der Waals surface area contributed by atoms with Gasteiger partial charge in [-0.15, -0.1) is 0 Å². The van der Waals surface area contributed by atoms with E-state index in [9.17, 15) is 9.00 Å². The lowest BCUT2D eigenvalue weighted by molar-refractivity contribution is 0.0694. The largest absolute Gasteiger partial charge is 0.478 e. The predicted octanol–water partition coefficient (Wildman–Crippen LogP) is 0.175. The molecule has 6 nitrogen and oxygen atoms in total. The van der Waals surface area contributed by atoms with E-state index in [1.165, 1.54) is 12.5 Å². The Hall–Kier alpha value is -1.34. The van der Waals surface area contributed by atoms with Gasteiger partial charge >= 0.3 is 5.97 Å². The molecule has 2 rings (SSSR count). The van der Waals surface area contributed by atoms with Crippen molar-refractivity contribution in [2.75, 3.05) is 11.5 Å². The van der Waals surface area contributed by atoms with Crippen LogP contribution in [0.25, 0.3) is 0 Å². The fourth-order valence-corrected chi connectivity index (χ4v) is 3.21. The quantitative estimate of drug-likeness (QED) is 0.810. The standard InChI is InChI=1S/C11H15N3O3S/c15-11(16)9-5-12-7-14-10(9)6-13-8-1-3-18(17)4-2-8/h5,7-8,13H,1-4,6H2,(H,15,16). The van der Waals surface area contributed by atoms with Crippen LogP contribution in [0.1, 0.15) is 28.9 Å². The molecule has 0 unspecified atom stereocenters. The van der Waals surface area contributed by atoms with Gasteiger partial charge in [0.05, 0.1) is 5.69 Å². The molecule has 1 aromatic rings. The molecule has 0 bridgehead atoms. The van der Waals surface area contributed by atoms with Crippen molar-refractivity contribution < 1.29 is 14.1 Å². The van der Waals surface area contributed by atoms with Crippen LogP contribution in [0.2, 0.25) is 0 Å². The molecule has 2 heterocycles. The lowest BCUT2D eigenvalue weighted by atomic mass is 10.1. The maximum Gasteiger partial charge on any atom is 0.339 e. The normalized spacial score (nSPS) is 23.8. The summed E-state index contributed by atoms with van der Waals surface area (Å²) in [5.74, 6) is 0.414. The number of rotatable bonds is 4. The summed E-state index contributed by atoms with van der Waals surface area (Å²) in [7, 11) is -0.680. The van der Waals surface area contributed by atoms with Gasteiger partial charge in [0.2, 0.25) is 0 Å². The van der Waals surface area contributed by atoms with E-state index in [4.69, 9.17) is 5.11 Å². The van der Waals surface area contributed by atoms with Crippen molar-refractivity contribution >= 4 is 16.8 Å². The fraction of sp³-hybridized carbons (Fsp3) is 0.545. The molecule has 0 amide bonds. The minimum Gasteiger partial charge on any atom is -0.478 e. The second kappa shape index (κ2) is 6.01. The van der Waals surface area contributed by atoms with Gasteiger partial charge in [0, 0.05) is 41.1 Å². The first-order valence-electron chi connectivity index (χ1n) is 5.77. The molecule has 0 atom stereocenters. The summed E-state index contributed by atoms with van der Waals surface area (Å²) < 4.78 is 11.2. The van der Waals surface area contributed by atoms with Crippen molar-refractivity contribution in [2.24, 2.45) is 0 Å². The zero-order chi connectivity index (χ0) is 13.0.